The van der Waals surface area contributed by atoms with Gasteiger partial charge in [-0.05, 0) is 42.5 Å². The van der Waals surface area contributed by atoms with Crippen LogP contribution in [0.3, 0.4) is 0 Å². The Balaban J connectivity index is 1.96. The zero-order valence-electron chi connectivity index (χ0n) is 10.8. The number of nitrogens with zero attached hydrogens (tertiary/aromatic N) is 1. The van der Waals surface area contributed by atoms with E-state index in [1.54, 1.807) is 18.2 Å². The fraction of sp³-hybridized carbons (Fsp3) is 0.0667. The van der Waals surface area contributed by atoms with Crippen LogP contribution < -0.4 is 5.32 Å². The number of nitrogens with one attached hydrogen (secondary N) is 1. The van der Waals surface area contributed by atoms with E-state index in [4.69, 9.17) is 11.6 Å². The lowest BCUT2D eigenvalue weighted by molar-refractivity contribution is -0.113. The van der Waals surface area contributed by atoms with Crippen molar-refractivity contribution in [3.8, 4) is 10.6 Å². The topological polar surface area (TPSA) is 42.0 Å². The summed E-state index contributed by atoms with van der Waals surface area (Å²) < 4.78 is 13.9. The van der Waals surface area contributed by atoms with Gasteiger partial charge in [0, 0.05) is 11.3 Å². The van der Waals surface area contributed by atoms with Gasteiger partial charge in [-0.1, -0.05) is 0 Å². The number of amides is 1. The van der Waals surface area contributed by atoms with Crippen LogP contribution in [0.2, 0.25) is 0 Å². The highest BCUT2D eigenvalue weighted by Crippen LogP contribution is 2.31. The highest BCUT2D eigenvalue weighted by Gasteiger charge is 2.08. The van der Waals surface area contributed by atoms with Crippen molar-refractivity contribution in [1.29, 1.82) is 0 Å². The van der Waals surface area contributed by atoms with E-state index in [2.05, 4.69) is 10.3 Å². The summed E-state index contributed by atoms with van der Waals surface area (Å²) in [7, 11) is 0. The van der Waals surface area contributed by atoms with Gasteiger partial charge < -0.3 is 5.32 Å². The van der Waals surface area contributed by atoms with Crippen LogP contribution in [-0.4, -0.2) is 16.8 Å². The van der Waals surface area contributed by atoms with E-state index in [1.807, 2.05) is 12.1 Å². The molecule has 0 spiro atoms. The van der Waals surface area contributed by atoms with Gasteiger partial charge >= 0.3 is 0 Å². The average Bonchev–Trinajstić information content (AvgIpc) is 2.91. The first-order valence-corrected chi connectivity index (χ1v) is 7.53. The lowest BCUT2D eigenvalue weighted by atomic mass is 10.2. The average molecular weight is 321 g/mol. The standard InChI is InChI=1S/C15H10ClFN2OS/c16-8-14(20)18-11-5-6-12-13(7-11)21-15(19-12)9-1-3-10(17)4-2-9/h1-7H,8H2,(H,18,20). The van der Waals surface area contributed by atoms with Gasteiger partial charge in [0.2, 0.25) is 5.91 Å². The second-order valence-corrected chi connectivity index (χ2v) is 5.69. The molecule has 3 rings (SSSR count). The predicted molar refractivity (Wildman–Crippen MR) is 84.4 cm³/mol. The van der Waals surface area contributed by atoms with E-state index < -0.39 is 0 Å². The number of rotatable bonds is 3. The van der Waals surface area contributed by atoms with Crippen LogP contribution in [-0.2, 0) is 4.79 Å². The lowest BCUT2D eigenvalue weighted by Gasteiger charge is -2.01. The maximum atomic E-state index is 12.9. The van der Waals surface area contributed by atoms with Crippen molar-refractivity contribution in [2.45, 2.75) is 0 Å². The molecule has 0 aliphatic heterocycles. The molecule has 3 nitrogen and oxygen atoms in total. The molecule has 0 radical (unpaired) electrons. The summed E-state index contributed by atoms with van der Waals surface area (Å²) in [5.74, 6) is -0.605. The summed E-state index contributed by atoms with van der Waals surface area (Å²) in [6.07, 6.45) is 0. The Morgan fingerprint density at radius 2 is 2.00 bits per heavy atom. The van der Waals surface area contributed by atoms with Crippen molar-refractivity contribution in [3.63, 3.8) is 0 Å². The number of benzene rings is 2. The second kappa shape index (κ2) is 5.79. The number of thiazole rings is 1. The van der Waals surface area contributed by atoms with Crippen LogP contribution >= 0.6 is 22.9 Å². The Bertz CT molecular complexity index is 801. The molecule has 2 aromatic carbocycles. The Labute approximate surface area is 129 Å². The smallest absolute Gasteiger partial charge is 0.239 e. The number of hydrogen-bond donors (Lipinski definition) is 1. The van der Waals surface area contributed by atoms with Crippen molar-refractivity contribution in [2.75, 3.05) is 11.2 Å². The van der Waals surface area contributed by atoms with Crippen LogP contribution in [0.4, 0.5) is 10.1 Å². The van der Waals surface area contributed by atoms with Crippen molar-refractivity contribution in [1.82, 2.24) is 4.98 Å². The molecule has 0 saturated carbocycles. The highest BCUT2D eigenvalue weighted by atomic mass is 35.5. The van der Waals surface area contributed by atoms with Crippen molar-refractivity contribution < 1.29 is 9.18 Å². The monoisotopic (exact) mass is 320 g/mol. The Morgan fingerprint density at radius 1 is 1.24 bits per heavy atom. The van der Waals surface area contributed by atoms with Crippen molar-refractivity contribution in [2.24, 2.45) is 0 Å². The number of aromatic nitrogens is 1. The molecule has 1 heterocycles. The van der Waals surface area contributed by atoms with Crippen LogP contribution in [0.5, 0.6) is 0 Å². The third-order valence-electron chi connectivity index (χ3n) is 2.88. The van der Waals surface area contributed by atoms with Crippen LogP contribution in [0, 0.1) is 5.82 Å². The summed E-state index contributed by atoms with van der Waals surface area (Å²) in [6, 6.07) is 11.7. The number of carbonyl (C=O) groups is 1. The molecule has 0 aliphatic rings. The fourth-order valence-corrected chi connectivity index (χ4v) is 2.99. The van der Waals surface area contributed by atoms with Gasteiger partial charge in [0.1, 0.15) is 16.7 Å². The molecule has 3 aromatic rings. The first-order chi connectivity index (χ1) is 10.2. The van der Waals surface area contributed by atoms with Gasteiger partial charge in [-0.25, -0.2) is 9.37 Å². The number of hydrogen-bond acceptors (Lipinski definition) is 3. The molecule has 0 unspecified atom stereocenters. The maximum Gasteiger partial charge on any atom is 0.239 e. The van der Waals surface area contributed by atoms with Gasteiger partial charge in [0.05, 0.1) is 10.2 Å². The number of anilines is 1. The molecule has 106 valence electrons. The zero-order valence-corrected chi connectivity index (χ0v) is 12.3. The molecule has 1 amide bonds. The summed E-state index contributed by atoms with van der Waals surface area (Å²) in [5.41, 5.74) is 2.38. The molecule has 0 saturated heterocycles. The van der Waals surface area contributed by atoms with Gasteiger partial charge in [-0.15, -0.1) is 22.9 Å². The highest BCUT2D eigenvalue weighted by molar-refractivity contribution is 7.21. The molecule has 0 aliphatic carbocycles. The number of halogens is 2. The second-order valence-electron chi connectivity index (χ2n) is 4.39. The maximum absolute atomic E-state index is 12.9. The van der Waals surface area contributed by atoms with E-state index >= 15 is 0 Å². The predicted octanol–water partition coefficient (Wildman–Crippen LogP) is 4.28. The van der Waals surface area contributed by atoms with Crippen LogP contribution in [0.1, 0.15) is 0 Å². The Kier molecular flexibility index (Phi) is 3.86. The Morgan fingerprint density at radius 3 is 2.71 bits per heavy atom. The molecule has 21 heavy (non-hydrogen) atoms. The molecular formula is C15H10ClFN2OS. The molecule has 0 atom stereocenters. The van der Waals surface area contributed by atoms with Crippen molar-refractivity contribution >= 4 is 44.7 Å². The third kappa shape index (κ3) is 3.04. The molecular weight excluding hydrogens is 311 g/mol. The van der Waals surface area contributed by atoms with Gasteiger partial charge in [-0.2, -0.15) is 0 Å². The SMILES string of the molecule is O=C(CCl)Nc1ccc2nc(-c3ccc(F)cc3)sc2c1. The molecule has 0 fully saturated rings. The lowest BCUT2D eigenvalue weighted by Crippen LogP contribution is -2.12. The van der Waals surface area contributed by atoms with Crippen LogP contribution in [0.25, 0.3) is 20.8 Å². The van der Waals surface area contributed by atoms with E-state index in [0.717, 1.165) is 20.8 Å². The largest absolute Gasteiger partial charge is 0.325 e. The molecule has 6 heteroatoms. The summed E-state index contributed by atoms with van der Waals surface area (Å²) in [5, 5.41) is 3.51. The van der Waals surface area contributed by atoms with Gasteiger partial charge in [0.25, 0.3) is 0 Å². The normalized spacial score (nSPS) is 10.8. The first-order valence-electron chi connectivity index (χ1n) is 6.18. The minimum absolute atomic E-state index is 0.0818. The molecule has 0 bridgehead atoms. The first kappa shape index (κ1) is 14.0. The van der Waals surface area contributed by atoms with E-state index in [9.17, 15) is 9.18 Å². The van der Waals surface area contributed by atoms with Crippen LogP contribution in [0.15, 0.2) is 42.5 Å². The van der Waals surface area contributed by atoms with E-state index in [1.165, 1.54) is 23.5 Å². The van der Waals surface area contributed by atoms with Gasteiger partial charge in [0.15, 0.2) is 0 Å². The quantitative estimate of drug-likeness (QED) is 0.732. The third-order valence-corrected chi connectivity index (χ3v) is 4.19. The summed E-state index contributed by atoms with van der Waals surface area (Å²) >= 11 is 6.95. The Hall–Kier alpha value is -1.98. The number of fused-ring (bicyclic) bond motifs is 1. The van der Waals surface area contributed by atoms with Crippen molar-refractivity contribution in [3.05, 3.63) is 48.3 Å². The minimum Gasteiger partial charge on any atom is -0.325 e. The number of alkyl halides is 1. The van der Waals surface area contributed by atoms with E-state index in [0.29, 0.717) is 5.69 Å². The molecule has 1 aromatic heterocycles. The molecule has 1 N–H and O–H groups in total. The minimum atomic E-state index is -0.272. The zero-order chi connectivity index (χ0) is 14.8. The number of carbonyl (C=O) groups excluding carboxylic acids is 1. The van der Waals surface area contributed by atoms with E-state index in [-0.39, 0.29) is 17.6 Å². The fourth-order valence-electron chi connectivity index (χ4n) is 1.91. The summed E-state index contributed by atoms with van der Waals surface area (Å²) in [6.45, 7) is 0. The summed E-state index contributed by atoms with van der Waals surface area (Å²) in [4.78, 5) is 15.8. The van der Waals surface area contributed by atoms with Gasteiger partial charge in [-0.3, -0.25) is 4.79 Å².